The summed E-state index contributed by atoms with van der Waals surface area (Å²) in [6.45, 7) is 2.11. The molecule has 150 valence electrons. The number of carboxylic acid groups (broad SMARTS) is 1. The quantitative estimate of drug-likeness (QED) is 0.293. The summed E-state index contributed by atoms with van der Waals surface area (Å²) in [6, 6.07) is 0. The molecular weight excluding hydrogens is 336 g/mol. The Hall–Kier alpha value is -1.21. The lowest BCUT2D eigenvalue weighted by Gasteiger charge is -2.16. The van der Waals surface area contributed by atoms with Gasteiger partial charge in [0.05, 0.1) is 30.5 Å². The highest BCUT2D eigenvalue weighted by Gasteiger charge is 2.36. The highest BCUT2D eigenvalue weighted by atomic mass is 16.5. The third-order valence-electron chi connectivity index (χ3n) is 4.56. The Morgan fingerprint density at radius 2 is 1.96 bits per heavy atom. The first-order valence-corrected chi connectivity index (χ1v) is 9.68. The zero-order valence-corrected chi connectivity index (χ0v) is 15.7. The van der Waals surface area contributed by atoms with E-state index in [1.165, 1.54) is 0 Å². The van der Waals surface area contributed by atoms with Gasteiger partial charge < -0.3 is 25.2 Å². The first kappa shape index (κ1) is 22.8. The molecule has 1 fully saturated rings. The number of aliphatic hydroxyl groups is 3. The van der Waals surface area contributed by atoms with Gasteiger partial charge in [0.2, 0.25) is 0 Å². The predicted molar refractivity (Wildman–Crippen MR) is 99.8 cm³/mol. The van der Waals surface area contributed by atoms with Gasteiger partial charge in [-0.3, -0.25) is 4.79 Å². The monoisotopic (exact) mass is 370 g/mol. The smallest absolute Gasteiger partial charge is 0.303 e. The van der Waals surface area contributed by atoms with E-state index in [0.717, 1.165) is 19.3 Å². The molecule has 1 rings (SSSR count). The molecule has 4 N–H and O–H groups in total. The Kier molecular flexibility index (Phi) is 11.4. The highest BCUT2D eigenvalue weighted by molar-refractivity contribution is 5.66. The van der Waals surface area contributed by atoms with Crippen molar-refractivity contribution in [3.63, 3.8) is 0 Å². The number of hydrogen-bond acceptors (Lipinski definition) is 5. The van der Waals surface area contributed by atoms with Gasteiger partial charge in [-0.15, -0.1) is 0 Å². The lowest BCUT2D eigenvalue weighted by molar-refractivity contribution is -0.137. The van der Waals surface area contributed by atoms with Gasteiger partial charge in [-0.05, 0) is 25.7 Å². The maximum absolute atomic E-state index is 10.4. The third kappa shape index (κ3) is 9.48. The number of aliphatic carboxylic acids is 1. The molecule has 0 spiro atoms. The molecule has 5 atom stereocenters. The van der Waals surface area contributed by atoms with Crippen LogP contribution in [0.2, 0.25) is 0 Å². The van der Waals surface area contributed by atoms with Gasteiger partial charge in [0.15, 0.2) is 0 Å². The van der Waals surface area contributed by atoms with Gasteiger partial charge in [-0.1, -0.05) is 50.5 Å². The summed E-state index contributed by atoms with van der Waals surface area (Å²) in [6.07, 6.45) is 10.2. The summed E-state index contributed by atoms with van der Waals surface area (Å²) in [5.41, 5.74) is 0. The molecule has 1 aliphatic heterocycles. The zero-order valence-electron chi connectivity index (χ0n) is 15.7. The van der Waals surface area contributed by atoms with Gasteiger partial charge in [-0.2, -0.15) is 0 Å². The summed E-state index contributed by atoms with van der Waals surface area (Å²) >= 11 is 0. The van der Waals surface area contributed by atoms with Crippen molar-refractivity contribution in [1.82, 2.24) is 0 Å². The standard InChI is InChI=1S/C20H34O6/c1-2-3-6-9-15(21)12-13-16(22)19-14-17(23)18(26-19)10-7-4-5-8-11-20(24)25/h4,7,12-13,15-19,21-23H,2-3,5-6,8-11,14H2,1H3,(H,24,25)/b7-4-,13-12+/t15-,16+,17-,18+,19+/m1/s1. The van der Waals surface area contributed by atoms with E-state index in [-0.39, 0.29) is 12.5 Å². The number of rotatable bonds is 13. The molecule has 6 nitrogen and oxygen atoms in total. The second-order valence-corrected chi connectivity index (χ2v) is 6.95. The minimum absolute atomic E-state index is 0.151. The van der Waals surface area contributed by atoms with E-state index >= 15 is 0 Å². The topological polar surface area (TPSA) is 107 Å². The molecule has 1 saturated heterocycles. The molecule has 0 aliphatic carbocycles. The van der Waals surface area contributed by atoms with E-state index in [1.807, 2.05) is 12.2 Å². The molecule has 0 bridgehead atoms. The van der Waals surface area contributed by atoms with E-state index in [4.69, 9.17) is 9.84 Å². The summed E-state index contributed by atoms with van der Waals surface area (Å²) in [5.74, 6) is -0.798. The van der Waals surface area contributed by atoms with Crippen LogP contribution in [0.4, 0.5) is 0 Å². The molecule has 26 heavy (non-hydrogen) atoms. The fraction of sp³-hybridized carbons (Fsp3) is 0.750. The number of hydrogen-bond donors (Lipinski definition) is 4. The Bertz CT molecular complexity index is 448. The van der Waals surface area contributed by atoms with Crippen LogP contribution in [-0.2, 0) is 9.53 Å². The second-order valence-electron chi connectivity index (χ2n) is 6.95. The second kappa shape index (κ2) is 13.0. The van der Waals surface area contributed by atoms with Gasteiger partial charge in [0.25, 0.3) is 0 Å². The third-order valence-corrected chi connectivity index (χ3v) is 4.56. The SMILES string of the molecule is CCCCC[C@@H](O)/C=C/[C@H](O)[C@@H]1C[C@@H](O)[C@H](C/C=C\CCCC(=O)O)O1. The number of allylic oxidation sites excluding steroid dienone is 1. The number of carboxylic acids is 1. The van der Waals surface area contributed by atoms with Gasteiger partial charge >= 0.3 is 5.97 Å². The minimum atomic E-state index is -0.852. The normalized spacial score (nSPS) is 25.9. The van der Waals surface area contributed by atoms with Crippen LogP contribution in [0.25, 0.3) is 0 Å². The first-order chi connectivity index (χ1) is 12.4. The van der Waals surface area contributed by atoms with Crippen LogP contribution in [0, 0.1) is 0 Å². The zero-order chi connectivity index (χ0) is 19.4. The van der Waals surface area contributed by atoms with Crippen LogP contribution < -0.4 is 0 Å². The van der Waals surface area contributed by atoms with Crippen LogP contribution in [0.1, 0.15) is 64.7 Å². The number of carbonyl (C=O) groups is 1. The summed E-state index contributed by atoms with van der Waals surface area (Å²) in [7, 11) is 0. The molecule has 0 aromatic carbocycles. The van der Waals surface area contributed by atoms with E-state index in [9.17, 15) is 20.1 Å². The van der Waals surface area contributed by atoms with Crippen LogP contribution in [0.3, 0.4) is 0 Å². The van der Waals surface area contributed by atoms with Crippen molar-refractivity contribution in [2.45, 2.75) is 95.2 Å². The van der Waals surface area contributed by atoms with Gasteiger partial charge in [-0.25, -0.2) is 0 Å². The molecule has 0 aromatic heterocycles. The number of unbranched alkanes of at least 4 members (excludes halogenated alkanes) is 3. The summed E-state index contributed by atoms with van der Waals surface area (Å²) < 4.78 is 5.73. The van der Waals surface area contributed by atoms with Crippen LogP contribution in [-0.4, -0.2) is 56.9 Å². The summed E-state index contributed by atoms with van der Waals surface area (Å²) in [4.78, 5) is 10.4. The molecule has 1 heterocycles. The Morgan fingerprint density at radius 3 is 2.65 bits per heavy atom. The predicted octanol–water partition coefficient (Wildman–Crippen LogP) is 2.56. The fourth-order valence-electron chi connectivity index (χ4n) is 2.98. The van der Waals surface area contributed by atoms with Gasteiger partial charge in [0.1, 0.15) is 0 Å². The molecule has 0 amide bonds. The fourth-order valence-corrected chi connectivity index (χ4v) is 2.98. The van der Waals surface area contributed by atoms with Crippen molar-refractivity contribution >= 4 is 5.97 Å². The van der Waals surface area contributed by atoms with E-state index in [1.54, 1.807) is 12.2 Å². The number of ether oxygens (including phenoxy) is 1. The van der Waals surface area contributed by atoms with E-state index < -0.39 is 30.4 Å². The van der Waals surface area contributed by atoms with E-state index in [2.05, 4.69) is 6.92 Å². The van der Waals surface area contributed by atoms with Crippen molar-refractivity contribution in [2.75, 3.05) is 0 Å². The first-order valence-electron chi connectivity index (χ1n) is 9.68. The minimum Gasteiger partial charge on any atom is -0.481 e. The van der Waals surface area contributed by atoms with Crippen LogP contribution >= 0.6 is 0 Å². The lowest BCUT2D eigenvalue weighted by Crippen LogP contribution is -2.24. The van der Waals surface area contributed by atoms with E-state index in [0.29, 0.717) is 32.1 Å². The lowest BCUT2D eigenvalue weighted by atomic mass is 10.0. The maximum atomic E-state index is 10.4. The van der Waals surface area contributed by atoms with Crippen molar-refractivity contribution in [1.29, 1.82) is 0 Å². The maximum Gasteiger partial charge on any atom is 0.303 e. The molecule has 0 aromatic rings. The van der Waals surface area contributed by atoms with Gasteiger partial charge in [0, 0.05) is 12.8 Å². The Labute approximate surface area is 156 Å². The van der Waals surface area contributed by atoms with Crippen molar-refractivity contribution in [3.8, 4) is 0 Å². The molecule has 6 heteroatoms. The van der Waals surface area contributed by atoms with Crippen molar-refractivity contribution < 1.29 is 30.0 Å². The van der Waals surface area contributed by atoms with Crippen LogP contribution in [0.15, 0.2) is 24.3 Å². The average molecular weight is 370 g/mol. The molecule has 0 radical (unpaired) electrons. The largest absolute Gasteiger partial charge is 0.481 e. The molecule has 0 unspecified atom stereocenters. The Morgan fingerprint density at radius 1 is 1.19 bits per heavy atom. The molecule has 1 aliphatic rings. The van der Waals surface area contributed by atoms with Crippen molar-refractivity contribution in [2.24, 2.45) is 0 Å². The molecular formula is C20H34O6. The summed E-state index contributed by atoms with van der Waals surface area (Å²) in [5, 5.41) is 38.7. The molecule has 0 saturated carbocycles. The Balaban J connectivity index is 2.30. The number of aliphatic hydroxyl groups excluding tert-OH is 3. The van der Waals surface area contributed by atoms with Crippen molar-refractivity contribution in [3.05, 3.63) is 24.3 Å². The van der Waals surface area contributed by atoms with Crippen LogP contribution in [0.5, 0.6) is 0 Å². The highest BCUT2D eigenvalue weighted by Crippen LogP contribution is 2.26. The average Bonchev–Trinajstić information content (AvgIpc) is 2.97.